The standard InChI is InChI=1S/C19H18N6O3/c1-12-23-11-15(25(12)16-6-2-3-8-22-16)19(28)24-14(17(26)18(20)27)9-13-5-4-7-21-10-13/h2-8,10-11,14H,9H2,1H3,(H2,20,27)(H,24,28). The number of carbonyl (C=O) groups is 3. The van der Waals surface area contributed by atoms with Crippen molar-refractivity contribution in [1.29, 1.82) is 0 Å². The number of carbonyl (C=O) groups excluding carboxylic acids is 3. The minimum atomic E-state index is -1.12. The average Bonchev–Trinajstić information content (AvgIpc) is 3.09. The van der Waals surface area contributed by atoms with Crippen LogP contribution in [-0.2, 0) is 16.0 Å². The van der Waals surface area contributed by atoms with Crippen LogP contribution in [0.25, 0.3) is 5.82 Å². The topological polar surface area (TPSA) is 133 Å². The summed E-state index contributed by atoms with van der Waals surface area (Å²) in [6.45, 7) is 1.73. The van der Waals surface area contributed by atoms with E-state index in [4.69, 9.17) is 5.73 Å². The van der Waals surface area contributed by atoms with Crippen molar-refractivity contribution in [2.75, 3.05) is 0 Å². The van der Waals surface area contributed by atoms with Gasteiger partial charge < -0.3 is 11.1 Å². The van der Waals surface area contributed by atoms with Crippen molar-refractivity contribution in [1.82, 2.24) is 24.8 Å². The number of pyridine rings is 2. The highest BCUT2D eigenvalue weighted by molar-refractivity contribution is 6.38. The van der Waals surface area contributed by atoms with Crippen molar-refractivity contribution in [3.63, 3.8) is 0 Å². The molecule has 0 radical (unpaired) electrons. The molecule has 0 saturated carbocycles. The third kappa shape index (κ3) is 4.09. The van der Waals surface area contributed by atoms with E-state index in [9.17, 15) is 14.4 Å². The van der Waals surface area contributed by atoms with Gasteiger partial charge in [-0.2, -0.15) is 0 Å². The van der Waals surface area contributed by atoms with E-state index in [1.807, 2.05) is 0 Å². The maximum atomic E-state index is 12.9. The third-order valence-electron chi connectivity index (χ3n) is 4.08. The predicted octanol–water partition coefficient (Wildman–Crippen LogP) is 0.366. The zero-order chi connectivity index (χ0) is 20.1. The molecule has 1 atom stereocenters. The molecule has 0 aliphatic carbocycles. The lowest BCUT2D eigenvalue weighted by molar-refractivity contribution is -0.137. The minimum Gasteiger partial charge on any atom is -0.363 e. The Balaban J connectivity index is 1.89. The van der Waals surface area contributed by atoms with Gasteiger partial charge in [-0.1, -0.05) is 12.1 Å². The molecule has 3 N–H and O–H groups in total. The molecule has 9 nitrogen and oxygen atoms in total. The Morgan fingerprint density at radius 1 is 1.11 bits per heavy atom. The second-order valence-electron chi connectivity index (χ2n) is 6.03. The summed E-state index contributed by atoms with van der Waals surface area (Å²) in [6, 6.07) is 7.58. The highest BCUT2D eigenvalue weighted by Crippen LogP contribution is 2.13. The van der Waals surface area contributed by atoms with E-state index in [0.29, 0.717) is 17.2 Å². The summed E-state index contributed by atoms with van der Waals surface area (Å²) in [5.41, 5.74) is 6.01. The van der Waals surface area contributed by atoms with Gasteiger partial charge in [0.2, 0.25) is 5.78 Å². The Labute approximate surface area is 160 Å². The highest BCUT2D eigenvalue weighted by atomic mass is 16.2. The quantitative estimate of drug-likeness (QED) is 0.571. The molecule has 0 aliphatic rings. The molecule has 1 unspecified atom stereocenters. The van der Waals surface area contributed by atoms with Crippen molar-refractivity contribution in [3.05, 3.63) is 72.2 Å². The second kappa shape index (κ2) is 8.21. The Bertz CT molecular complexity index is 1000. The van der Waals surface area contributed by atoms with Crippen LogP contribution in [0.3, 0.4) is 0 Å². The minimum absolute atomic E-state index is 0.0814. The van der Waals surface area contributed by atoms with Gasteiger partial charge in [0.1, 0.15) is 23.4 Å². The molecule has 0 aromatic carbocycles. The molecule has 28 heavy (non-hydrogen) atoms. The van der Waals surface area contributed by atoms with E-state index in [2.05, 4.69) is 20.3 Å². The number of amides is 2. The first-order valence-electron chi connectivity index (χ1n) is 8.46. The van der Waals surface area contributed by atoms with Crippen LogP contribution in [0, 0.1) is 6.92 Å². The summed E-state index contributed by atoms with van der Waals surface area (Å²) in [6.07, 6.45) is 6.20. The largest absolute Gasteiger partial charge is 0.363 e. The first-order chi connectivity index (χ1) is 13.5. The van der Waals surface area contributed by atoms with Crippen molar-refractivity contribution in [2.24, 2.45) is 5.73 Å². The van der Waals surface area contributed by atoms with Crippen molar-refractivity contribution in [2.45, 2.75) is 19.4 Å². The van der Waals surface area contributed by atoms with Crippen LogP contribution in [0.15, 0.2) is 55.1 Å². The summed E-state index contributed by atoms with van der Waals surface area (Å²) in [5.74, 6) is -1.53. The van der Waals surface area contributed by atoms with Gasteiger partial charge >= 0.3 is 0 Å². The van der Waals surface area contributed by atoms with Gasteiger partial charge in [-0.15, -0.1) is 0 Å². The van der Waals surface area contributed by atoms with Gasteiger partial charge in [-0.25, -0.2) is 9.97 Å². The third-order valence-corrected chi connectivity index (χ3v) is 4.08. The zero-order valence-electron chi connectivity index (χ0n) is 15.1. The normalized spacial score (nSPS) is 11.6. The van der Waals surface area contributed by atoms with Crippen LogP contribution in [0.5, 0.6) is 0 Å². The molecule has 9 heteroatoms. The van der Waals surface area contributed by atoms with Gasteiger partial charge in [-0.3, -0.25) is 23.9 Å². The van der Waals surface area contributed by atoms with Crippen molar-refractivity contribution in [3.8, 4) is 5.82 Å². The molecule has 2 amide bonds. The van der Waals surface area contributed by atoms with Crippen molar-refractivity contribution < 1.29 is 14.4 Å². The lowest BCUT2D eigenvalue weighted by Crippen LogP contribution is -2.47. The highest BCUT2D eigenvalue weighted by Gasteiger charge is 2.27. The second-order valence-corrected chi connectivity index (χ2v) is 6.03. The van der Waals surface area contributed by atoms with Crippen LogP contribution in [-0.4, -0.2) is 43.2 Å². The summed E-state index contributed by atoms with van der Waals surface area (Å²) < 4.78 is 1.56. The van der Waals surface area contributed by atoms with Gasteiger partial charge in [0.15, 0.2) is 0 Å². The average molecular weight is 378 g/mol. The number of imidazole rings is 1. The van der Waals surface area contributed by atoms with Gasteiger partial charge in [-0.05, 0) is 30.7 Å². The molecule has 3 aromatic rings. The molecular formula is C19H18N6O3. The molecular weight excluding hydrogens is 360 g/mol. The summed E-state index contributed by atoms with van der Waals surface area (Å²) in [4.78, 5) is 48.9. The Hall–Kier alpha value is -3.88. The first-order valence-corrected chi connectivity index (χ1v) is 8.46. The zero-order valence-corrected chi connectivity index (χ0v) is 15.1. The number of Topliss-reactive ketones (excluding diaryl/α,β-unsaturated/α-hetero) is 1. The number of nitrogens with two attached hydrogens (primary N) is 1. The van der Waals surface area contributed by atoms with Crippen LogP contribution in [0.1, 0.15) is 21.9 Å². The van der Waals surface area contributed by atoms with Crippen LogP contribution in [0.4, 0.5) is 0 Å². The summed E-state index contributed by atoms with van der Waals surface area (Å²) in [5, 5.41) is 2.58. The lowest BCUT2D eigenvalue weighted by atomic mass is 10.0. The SMILES string of the molecule is Cc1ncc(C(=O)NC(Cc2cccnc2)C(=O)C(N)=O)n1-c1ccccn1. The van der Waals surface area contributed by atoms with Crippen molar-refractivity contribution >= 4 is 17.6 Å². The van der Waals surface area contributed by atoms with Crippen LogP contribution < -0.4 is 11.1 Å². The Kier molecular flexibility index (Phi) is 5.54. The Morgan fingerprint density at radius 2 is 1.93 bits per heavy atom. The summed E-state index contributed by atoms with van der Waals surface area (Å²) >= 11 is 0. The number of hydrogen-bond donors (Lipinski definition) is 2. The van der Waals surface area contributed by atoms with E-state index in [1.54, 1.807) is 60.4 Å². The first kappa shape index (κ1) is 18.9. The van der Waals surface area contributed by atoms with E-state index in [1.165, 1.54) is 6.20 Å². The number of rotatable bonds is 7. The van der Waals surface area contributed by atoms with Gasteiger partial charge in [0, 0.05) is 25.0 Å². The molecule has 3 aromatic heterocycles. The molecule has 142 valence electrons. The van der Waals surface area contributed by atoms with E-state index >= 15 is 0 Å². The molecule has 0 fully saturated rings. The number of aryl methyl sites for hydroxylation is 1. The van der Waals surface area contributed by atoms with Gasteiger partial charge in [0.25, 0.3) is 11.8 Å². The smallest absolute Gasteiger partial charge is 0.287 e. The number of ketones is 1. The molecule has 0 bridgehead atoms. The fourth-order valence-corrected chi connectivity index (χ4v) is 2.75. The predicted molar refractivity (Wildman–Crippen MR) is 99.5 cm³/mol. The van der Waals surface area contributed by atoms with E-state index in [0.717, 1.165) is 0 Å². The fourth-order valence-electron chi connectivity index (χ4n) is 2.75. The lowest BCUT2D eigenvalue weighted by Gasteiger charge is -2.17. The number of hydrogen-bond acceptors (Lipinski definition) is 6. The fraction of sp³-hybridized carbons (Fsp3) is 0.158. The number of nitrogens with zero attached hydrogens (tertiary/aromatic N) is 4. The molecule has 0 saturated heterocycles. The molecule has 3 heterocycles. The number of primary amides is 1. The molecule has 0 spiro atoms. The van der Waals surface area contributed by atoms with E-state index < -0.39 is 23.6 Å². The molecule has 3 rings (SSSR count). The number of aromatic nitrogens is 4. The maximum Gasteiger partial charge on any atom is 0.287 e. The van der Waals surface area contributed by atoms with E-state index in [-0.39, 0.29) is 12.1 Å². The molecule has 0 aliphatic heterocycles. The maximum absolute atomic E-state index is 12.9. The van der Waals surface area contributed by atoms with Crippen LogP contribution >= 0.6 is 0 Å². The van der Waals surface area contributed by atoms with Crippen LogP contribution in [0.2, 0.25) is 0 Å². The monoisotopic (exact) mass is 378 g/mol. The van der Waals surface area contributed by atoms with Gasteiger partial charge in [0.05, 0.1) is 6.20 Å². The number of nitrogens with one attached hydrogen (secondary N) is 1. The summed E-state index contributed by atoms with van der Waals surface area (Å²) in [7, 11) is 0. The Morgan fingerprint density at radius 3 is 2.57 bits per heavy atom.